The summed E-state index contributed by atoms with van der Waals surface area (Å²) in [5.41, 5.74) is 0. The van der Waals surface area contributed by atoms with E-state index in [-0.39, 0.29) is 12.5 Å². The lowest BCUT2D eigenvalue weighted by Crippen LogP contribution is -2.50. The van der Waals surface area contributed by atoms with Crippen molar-refractivity contribution in [3.8, 4) is 0 Å². The van der Waals surface area contributed by atoms with Crippen molar-refractivity contribution in [1.82, 2.24) is 5.32 Å². The number of amides is 1. The van der Waals surface area contributed by atoms with E-state index in [0.29, 0.717) is 12.8 Å². The quantitative estimate of drug-likeness (QED) is 0.0521. The molecule has 0 aromatic carbocycles. The smallest absolute Gasteiger partial charge is 0.220 e. The molecule has 0 rings (SSSR count). The third-order valence-corrected chi connectivity index (χ3v) is 9.46. The summed E-state index contributed by atoms with van der Waals surface area (Å²) in [7, 11) is 0. The van der Waals surface area contributed by atoms with Crippen LogP contribution < -0.4 is 5.32 Å². The second-order valence-electron chi connectivity index (χ2n) is 13.9. The fraction of sp³-hybridized carbons (Fsp3) is 0.974. The van der Waals surface area contributed by atoms with Crippen molar-refractivity contribution in [2.45, 2.75) is 238 Å². The molecular formula is C39H79NO4. The predicted molar refractivity (Wildman–Crippen MR) is 190 cm³/mol. The van der Waals surface area contributed by atoms with E-state index >= 15 is 0 Å². The fourth-order valence-corrected chi connectivity index (χ4v) is 6.34. The van der Waals surface area contributed by atoms with E-state index in [0.717, 1.165) is 32.1 Å². The van der Waals surface area contributed by atoms with Gasteiger partial charge in [-0.15, -0.1) is 0 Å². The first-order chi connectivity index (χ1) is 21.6. The van der Waals surface area contributed by atoms with E-state index in [1.807, 2.05) is 0 Å². The van der Waals surface area contributed by atoms with Crippen molar-refractivity contribution in [2.75, 3.05) is 6.61 Å². The predicted octanol–water partition coefficient (Wildman–Crippen LogP) is 10.7. The number of hydrogen-bond acceptors (Lipinski definition) is 4. The lowest BCUT2D eigenvalue weighted by Gasteiger charge is -2.26. The Labute approximate surface area is 275 Å². The molecule has 5 heteroatoms. The Morgan fingerprint density at radius 3 is 1.09 bits per heavy atom. The molecule has 0 saturated heterocycles. The lowest BCUT2D eigenvalue weighted by atomic mass is 9.99. The zero-order chi connectivity index (χ0) is 32.4. The second kappa shape index (κ2) is 35.2. The topological polar surface area (TPSA) is 89.8 Å². The Morgan fingerprint density at radius 1 is 0.477 bits per heavy atom. The van der Waals surface area contributed by atoms with Gasteiger partial charge in [-0.25, -0.2) is 0 Å². The minimum atomic E-state index is -1.13. The van der Waals surface area contributed by atoms with Gasteiger partial charge in [0.1, 0.15) is 6.10 Å². The summed E-state index contributed by atoms with van der Waals surface area (Å²) in [6.45, 7) is 4.17. The highest BCUT2D eigenvalue weighted by molar-refractivity contribution is 5.76. The largest absolute Gasteiger partial charge is 0.394 e. The van der Waals surface area contributed by atoms with E-state index in [9.17, 15) is 20.1 Å². The van der Waals surface area contributed by atoms with E-state index < -0.39 is 18.2 Å². The van der Waals surface area contributed by atoms with Crippen LogP contribution in [0.2, 0.25) is 0 Å². The zero-order valence-corrected chi connectivity index (χ0v) is 29.8. The summed E-state index contributed by atoms with van der Waals surface area (Å²) in [6.07, 6.45) is 37.8. The molecule has 0 aromatic heterocycles. The number of hydrogen-bond donors (Lipinski definition) is 4. The van der Waals surface area contributed by atoms with Crippen molar-refractivity contribution in [3.05, 3.63) is 0 Å². The van der Waals surface area contributed by atoms with Crippen LogP contribution in [0.4, 0.5) is 0 Å². The Balaban J connectivity index is 3.58. The molecule has 0 aliphatic heterocycles. The average molecular weight is 626 g/mol. The van der Waals surface area contributed by atoms with Gasteiger partial charge < -0.3 is 20.6 Å². The molecule has 0 bridgehead atoms. The van der Waals surface area contributed by atoms with E-state index in [4.69, 9.17) is 0 Å². The number of aliphatic hydroxyl groups excluding tert-OH is 3. The Bertz CT molecular complexity index is 572. The molecule has 4 N–H and O–H groups in total. The molecule has 0 aromatic rings. The third-order valence-electron chi connectivity index (χ3n) is 9.46. The molecule has 0 radical (unpaired) electrons. The monoisotopic (exact) mass is 626 g/mol. The van der Waals surface area contributed by atoms with Crippen LogP contribution in [-0.4, -0.2) is 46.1 Å². The summed E-state index contributed by atoms with van der Waals surface area (Å²) in [6, 6.07) is -0.800. The van der Waals surface area contributed by atoms with Gasteiger partial charge in [-0.05, 0) is 12.8 Å². The first-order valence-electron chi connectivity index (χ1n) is 19.8. The van der Waals surface area contributed by atoms with E-state index in [1.54, 1.807) is 0 Å². The van der Waals surface area contributed by atoms with Gasteiger partial charge in [0.05, 0.1) is 18.8 Å². The van der Waals surface area contributed by atoms with Crippen LogP contribution in [0, 0.1) is 0 Å². The molecule has 0 fully saturated rings. The van der Waals surface area contributed by atoms with Crippen molar-refractivity contribution < 1.29 is 20.1 Å². The first kappa shape index (κ1) is 43.4. The SMILES string of the molecule is CCCCCCCCCCCCCCCCCCCCCCC(O)C(O)C(CO)NC(=O)CCCCCCCCCCCC. The first-order valence-corrected chi connectivity index (χ1v) is 19.8. The molecule has 44 heavy (non-hydrogen) atoms. The molecule has 3 atom stereocenters. The Hall–Kier alpha value is -0.650. The van der Waals surface area contributed by atoms with Crippen LogP contribution in [0.3, 0.4) is 0 Å². The van der Waals surface area contributed by atoms with Gasteiger partial charge in [0.2, 0.25) is 5.91 Å². The molecule has 1 amide bonds. The van der Waals surface area contributed by atoms with Gasteiger partial charge in [-0.3, -0.25) is 4.79 Å². The normalized spacial score (nSPS) is 13.7. The molecular weight excluding hydrogens is 546 g/mol. The van der Waals surface area contributed by atoms with Crippen LogP contribution in [0.15, 0.2) is 0 Å². The highest BCUT2D eigenvalue weighted by atomic mass is 16.3. The summed E-state index contributed by atoms with van der Waals surface area (Å²) >= 11 is 0. The minimum Gasteiger partial charge on any atom is -0.394 e. The second-order valence-corrected chi connectivity index (χ2v) is 13.9. The molecule has 0 spiro atoms. The summed E-state index contributed by atoms with van der Waals surface area (Å²) in [5, 5.41) is 33.4. The number of aliphatic hydroxyl groups is 3. The Kier molecular flexibility index (Phi) is 34.7. The van der Waals surface area contributed by atoms with Gasteiger partial charge >= 0.3 is 0 Å². The fourth-order valence-electron chi connectivity index (χ4n) is 6.34. The van der Waals surface area contributed by atoms with Gasteiger partial charge in [0.15, 0.2) is 0 Å². The minimum absolute atomic E-state index is 0.145. The number of carbonyl (C=O) groups is 1. The molecule has 264 valence electrons. The van der Waals surface area contributed by atoms with Gasteiger partial charge in [-0.1, -0.05) is 200 Å². The van der Waals surface area contributed by atoms with Crippen molar-refractivity contribution in [3.63, 3.8) is 0 Å². The highest BCUT2D eigenvalue weighted by Gasteiger charge is 2.26. The van der Waals surface area contributed by atoms with Gasteiger partial charge in [-0.2, -0.15) is 0 Å². The number of nitrogens with one attached hydrogen (secondary N) is 1. The molecule has 0 heterocycles. The van der Waals surface area contributed by atoms with Crippen LogP contribution in [0.25, 0.3) is 0 Å². The Morgan fingerprint density at radius 2 is 0.773 bits per heavy atom. The van der Waals surface area contributed by atoms with Crippen molar-refractivity contribution in [1.29, 1.82) is 0 Å². The number of unbranched alkanes of at least 4 members (excludes halogenated alkanes) is 28. The molecule has 3 unspecified atom stereocenters. The molecule has 5 nitrogen and oxygen atoms in total. The highest BCUT2D eigenvalue weighted by Crippen LogP contribution is 2.17. The van der Waals surface area contributed by atoms with Gasteiger partial charge in [0, 0.05) is 6.42 Å². The molecule has 0 aliphatic carbocycles. The van der Waals surface area contributed by atoms with E-state index in [2.05, 4.69) is 19.2 Å². The van der Waals surface area contributed by atoms with Crippen molar-refractivity contribution in [2.24, 2.45) is 0 Å². The standard InChI is InChI=1S/C39H79NO4/c1-3-5-7-9-11-13-15-16-17-18-19-20-21-22-23-24-25-27-29-31-33-37(42)39(44)36(35-41)40-38(43)34-32-30-28-26-14-12-10-8-6-4-2/h36-37,39,41-42,44H,3-35H2,1-2H3,(H,40,43). The summed E-state index contributed by atoms with van der Waals surface area (Å²) in [5.74, 6) is -0.145. The van der Waals surface area contributed by atoms with Crippen LogP contribution >= 0.6 is 0 Å². The summed E-state index contributed by atoms with van der Waals surface area (Å²) < 4.78 is 0. The zero-order valence-electron chi connectivity index (χ0n) is 29.8. The number of rotatable bonds is 36. The molecule has 0 saturated carbocycles. The summed E-state index contributed by atoms with van der Waals surface area (Å²) in [4.78, 5) is 12.3. The molecule has 0 aliphatic rings. The van der Waals surface area contributed by atoms with Crippen molar-refractivity contribution >= 4 is 5.91 Å². The van der Waals surface area contributed by atoms with Crippen LogP contribution in [0.5, 0.6) is 0 Å². The van der Waals surface area contributed by atoms with Crippen LogP contribution in [-0.2, 0) is 4.79 Å². The maximum Gasteiger partial charge on any atom is 0.220 e. The van der Waals surface area contributed by atoms with E-state index in [1.165, 1.54) is 161 Å². The van der Waals surface area contributed by atoms with Gasteiger partial charge in [0.25, 0.3) is 0 Å². The number of carbonyl (C=O) groups excluding carboxylic acids is 1. The maximum atomic E-state index is 12.3. The maximum absolute atomic E-state index is 12.3. The third kappa shape index (κ3) is 30.0. The van der Waals surface area contributed by atoms with Crippen LogP contribution in [0.1, 0.15) is 219 Å². The lowest BCUT2D eigenvalue weighted by molar-refractivity contribution is -0.124. The average Bonchev–Trinajstić information content (AvgIpc) is 3.03.